The van der Waals surface area contributed by atoms with Gasteiger partial charge in [0.25, 0.3) is 0 Å². The summed E-state index contributed by atoms with van der Waals surface area (Å²) in [5.74, 6) is 3.25. The third-order valence-corrected chi connectivity index (χ3v) is 7.60. The molecular formula is C25H40N2O3. The second kappa shape index (κ2) is 10.3. The van der Waals surface area contributed by atoms with Gasteiger partial charge in [0.1, 0.15) is 0 Å². The molecule has 0 spiro atoms. The van der Waals surface area contributed by atoms with Crippen LogP contribution in [0.5, 0.6) is 11.5 Å². The molecule has 168 valence electrons. The van der Waals surface area contributed by atoms with Crippen LogP contribution in [0, 0.1) is 11.8 Å². The van der Waals surface area contributed by atoms with Gasteiger partial charge in [-0.1, -0.05) is 6.07 Å². The molecule has 0 aromatic heterocycles. The second-order valence-corrected chi connectivity index (χ2v) is 9.37. The standard InChI is InChI=1S/C25H40N2O3/c1-3-30-23-12-11-19(16-24(23)29-2)17-27-18-20-8-6-13-26-14-7-9-21(25(20)26)22(27)10-4-5-15-28/h11-12,16,20-22,25,28H,3-10,13-15,17-18H2,1-2H3/t20-,21-,22-,25+/m1/s1. The zero-order valence-electron chi connectivity index (χ0n) is 18.9. The first-order valence-corrected chi connectivity index (χ1v) is 12.1. The largest absolute Gasteiger partial charge is 0.493 e. The van der Waals surface area contributed by atoms with Gasteiger partial charge >= 0.3 is 0 Å². The van der Waals surface area contributed by atoms with Crippen LogP contribution in [0.15, 0.2) is 18.2 Å². The van der Waals surface area contributed by atoms with E-state index in [9.17, 15) is 5.11 Å². The molecule has 5 heteroatoms. The number of unbranched alkanes of at least 4 members (excludes halogenated alkanes) is 1. The van der Waals surface area contributed by atoms with E-state index in [1.165, 1.54) is 57.3 Å². The predicted molar refractivity (Wildman–Crippen MR) is 120 cm³/mol. The first kappa shape index (κ1) is 21.9. The number of likely N-dealkylation sites (tertiary alicyclic amines) is 1. The van der Waals surface area contributed by atoms with Gasteiger partial charge in [-0.3, -0.25) is 9.80 Å². The Bertz CT molecular complexity index is 680. The molecule has 0 unspecified atom stereocenters. The molecule has 0 radical (unpaired) electrons. The zero-order valence-corrected chi connectivity index (χ0v) is 18.9. The molecule has 5 nitrogen and oxygen atoms in total. The molecule has 4 atom stereocenters. The summed E-state index contributed by atoms with van der Waals surface area (Å²) in [7, 11) is 1.73. The monoisotopic (exact) mass is 416 g/mol. The molecule has 1 aromatic rings. The summed E-state index contributed by atoms with van der Waals surface area (Å²) in [6.07, 6.45) is 8.69. The van der Waals surface area contributed by atoms with Gasteiger partial charge in [0, 0.05) is 31.8 Å². The van der Waals surface area contributed by atoms with E-state index in [0.717, 1.165) is 48.8 Å². The smallest absolute Gasteiger partial charge is 0.161 e. The SMILES string of the molecule is CCOc1ccc(CN2C[C@H]3CCCN4CCC[C@@H]([C@H]34)[C@H]2CCCCO)cc1OC. The molecule has 3 fully saturated rings. The lowest BCUT2D eigenvalue weighted by Gasteiger charge is -2.57. The Hall–Kier alpha value is -1.30. The van der Waals surface area contributed by atoms with Crippen molar-refractivity contribution < 1.29 is 14.6 Å². The molecule has 30 heavy (non-hydrogen) atoms. The van der Waals surface area contributed by atoms with Crippen molar-refractivity contribution in [3.8, 4) is 11.5 Å². The van der Waals surface area contributed by atoms with Gasteiger partial charge in [-0.05, 0) is 94.5 Å². The van der Waals surface area contributed by atoms with E-state index in [1.807, 2.05) is 6.92 Å². The number of methoxy groups -OCH3 is 1. The van der Waals surface area contributed by atoms with E-state index in [1.54, 1.807) is 7.11 Å². The van der Waals surface area contributed by atoms with Gasteiger partial charge in [-0.15, -0.1) is 0 Å². The molecule has 4 rings (SSSR count). The molecule has 0 saturated carbocycles. The minimum absolute atomic E-state index is 0.311. The fraction of sp³-hybridized carbons (Fsp3) is 0.760. The maximum Gasteiger partial charge on any atom is 0.161 e. The van der Waals surface area contributed by atoms with Crippen molar-refractivity contribution in [3.63, 3.8) is 0 Å². The highest BCUT2D eigenvalue weighted by Gasteiger charge is 2.48. The van der Waals surface area contributed by atoms with Crippen molar-refractivity contribution >= 4 is 0 Å². The number of ether oxygens (including phenoxy) is 2. The van der Waals surface area contributed by atoms with Crippen LogP contribution in [0.1, 0.15) is 57.4 Å². The average molecular weight is 417 g/mol. The number of piperidine rings is 3. The second-order valence-electron chi connectivity index (χ2n) is 9.37. The summed E-state index contributed by atoms with van der Waals surface area (Å²) < 4.78 is 11.3. The highest BCUT2D eigenvalue weighted by molar-refractivity contribution is 5.43. The highest BCUT2D eigenvalue weighted by atomic mass is 16.5. The summed E-state index contributed by atoms with van der Waals surface area (Å²) in [4.78, 5) is 5.59. The van der Waals surface area contributed by atoms with Crippen LogP contribution >= 0.6 is 0 Å². The van der Waals surface area contributed by atoms with Crippen molar-refractivity contribution in [1.82, 2.24) is 9.80 Å². The van der Waals surface area contributed by atoms with Crippen molar-refractivity contribution in [2.45, 2.75) is 70.5 Å². The maximum atomic E-state index is 9.34. The Morgan fingerprint density at radius 2 is 1.93 bits per heavy atom. The van der Waals surface area contributed by atoms with Crippen molar-refractivity contribution in [2.75, 3.05) is 40.0 Å². The van der Waals surface area contributed by atoms with Gasteiger partial charge in [-0.2, -0.15) is 0 Å². The lowest BCUT2D eigenvalue weighted by Crippen LogP contribution is -2.64. The number of hydrogen-bond donors (Lipinski definition) is 1. The normalized spacial score (nSPS) is 29.4. The maximum absolute atomic E-state index is 9.34. The van der Waals surface area contributed by atoms with Crippen LogP contribution in [0.4, 0.5) is 0 Å². The summed E-state index contributed by atoms with van der Waals surface area (Å²) in [5.41, 5.74) is 1.31. The Kier molecular flexibility index (Phi) is 7.55. The molecular weight excluding hydrogens is 376 g/mol. The van der Waals surface area contributed by atoms with Crippen LogP contribution in [-0.2, 0) is 6.54 Å². The molecule has 3 aliphatic rings. The number of rotatable bonds is 9. The van der Waals surface area contributed by atoms with Crippen LogP contribution < -0.4 is 9.47 Å². The first-order valence-electron chi connectivity index (χ1n) is 12.1. The van der Waals surface area contributed by atoms with Gasteiger partial charge < -0.3 is 14.6 Å². The molecule has 3 aliphatic heterocycles. The number of aliphatic hydroxyl groups is 1. The Balaban J connectivity index is 1.55. The third kappa shape index (κ3) is 4.63. The van der Waals surface area contributed by atoms with Crippen LogP contribution in [0.2, 0.25) is 0 Å². The van der Waals surface area contributed by atoms with Crippen LogP contribution in [0.25, 0.3) is 0 Å². The van der Waals surface area contributed by atoms with Crippen molar-refractivity contribution in [2.24, 2.45) is 11.8 Å². The van der Waals surface area contributed by atoms with E-state index in [-0.39, 0.29) is 0 Å². The van der Waals surface area contributed by atoms with Gasteiger partial charge in [-0.25, -0.2) is 0 Å². The summed E-state index contributed by atoms with van der Waals surface area (Å²) in [5, 5.41) is 9.34. The predicted octanol–water partition coefficient (Wildman–Crippen LogP) is 3.93. The minimum Gasteiger partial charge on any atom is -0.493 e. The van der Waals surface area contributed by atoms with Gasteiger partial charge in [0.15, 0.2) is 11.5 Å². The molecule has 3 heterocycles. The first-order chi connectivity index (χ1) is 14.7. The van der Waals surface area contributed by atoms with Crippen molar-refractivity contribution in [1.29, 1.82) is 0 Å². The van der Waals surface area contributed by atoms with E-state index < -0.39 is 0 Å². The molecule has 0 amide bonds. The number of aliphatic hydroxyl groups excluding tert-OH is 1. The molecule has 0 aliphatic carbocycles. The summed E-state index contributed by atoms with van der Waals surface area (Å²) >= 11 is 0. The van der Waals surface area contributed by atoms with E-state index >= 15 is 0 Å². The topological polar surface area (TPSA) is 45.2 Å². The van der Waals surface area contributed by atoms with Crippen LogP contribution in [-0.4, -0.2) is 66.9 Å². The lowest BCUT2D eigenvalue weighted by molar-refractivity contribution is -0.0813. The molecule has 1 aromatic carbocycles. The fourth-order valence-corrected chi connectivity index (χ4v) is 6.45. The van der Waals surface area contributed by atoms with E-state index in [0.29, 0.717) is 19.3 Å². The van der Waals surface area contributed by atoms with Gasteiger partial charge in [0.05, 0.1) is 13.7 Å². The molecule has 1 N–H and O–H groups in total. The summed E-state index contributed by atoms with van der Waals surface area (Å²) in [6, 6.07) is 7.84. The van der Waals surface area contributed by atoms with Crippen LogP contribution in [0.3, 0.4) is 0 Å². The van der Waals surface area contributed by atoms with Gasteiger partial charge in [0.2, 0.25) is 0 Å². The minimum atomic E-state index is 0.311. The lowest BCUT2D eigenvalue weighted by atomic mass is 9.69. The van der Waals surface area contributed by atoms with E-state index in [2.05, 4.69) is 28.0 Å². The Labute approximate surface area is 182 Å². The fourth-order valence-electron chi connectivity index (χ4n) is 6.45. The highest BCUT2D eigenvalue weighted by Crippen LogP contribution is 2.44. The van der Waals surface area contributed by atoms with E-state index in [4.69, 9.17) is 9.47 Å². The number of hydrogen-bond acceptors (Lipinski definition) is 5. The number of nitrogens with zero attached hydrogens (tertiary/aromatic N) is 2. The number of benzene rings is 1. The zero-order chi connectivity index (χ0) is 20.9. The quantitative estimate of drug-likeness (QED) is 0.618. The molecule has 3 saturated heterocycles. The Morgan fingerprint density at radius 1 is 1.10 bits per heavy atom. The molecule has 0 bridgehead atoms. The average Bonchev–Trinajstić information content (AvgIpc) is 2.77. The summed E-state index contributed by atoms with van der Waals surface area (Å²) in [6.45, 7) is 7.76. The van der Waals surface area contributed by atoms with Crippen molar-refractivity contribution in [3.05, 3.63) is 23.8 Å². The third-order valence-electron chi connectivity index (χ3n) is 7.60. The Morgan fingerprint density at radius 3 is 2.70 bits per heavy atom.